The van der Waals surface area contributed by atoms with E-state index in [1.165, 1.54) is 11.8 Å². The van der Waals surface area contributed by atoms with Gasteiger partial charge in [0.05, 0.1) is 0 Å². The van der Waals surface area contributed by atoms with Gasteiger partial charge in [0.1, 0.15) is 0 Å². The summed E-state index contributed by atoms with van der Waals surface area (Å²) in [7, 11) is 0. The molecule has 4 rings (SSSR count). The van der Waals surface area contributed by atoms with Gasteiger partial charge in [-0.15, -0.1) is 0 Å². The molecule has 2 saturated heterocycles. The second-order valence-electron chi connectivity index (χ2n) is 8.66. The van der Waals surface area contributed by atoms with Gasteiger partial charge in [-0.1, -0.05) is 17.7 Å². The Morgan fingerprint density at radius 1 is 1.18 bits per heavy atom. The third-order valence-corrected chi connectivity index (χ3v) is 6.56. The first-order chi connectivity index (χ1) is 15.5. The van der Waals surface area contributed by atoms with E-state index in [1.54, 1.807) is 12.1 Å². The predicted octanol–water partition coefficient (Wildman–Crippen LogP) is 4.00. The SMILES string of the molecule is Cc1nc(C(=O)N2CC3CN(CCC(=O)Nc4ccc(C)c(Cl)c4)CC3C2)c(C(F)(F)F)o1. The zero-order chi connectivity index (χ0) is 23.9. The van der Waals surface area contributed by atoms with Gasteiger partial charge in [0.25, 0.3) is 5.91 Å². The maximum atomic E-state index is 13.2. The number of rotatable bonds is 5. The minimum Gasteiger partial charge on any atom is -0.436 e. The van der Waals surface area contributed by atoms with E-state index in [4.69, 9.17) is 11.6 Å². The number of hydrogen-bond donors (Lipinski definition) is 1. The summed E-state index contributed by atoms with van der Waals surface area (Å²) in [4.78, 5) is 32.2. The highest BCUT2D eigenvalue weighted by molar-refractivity contribution is 6.31. The highest BCUT2D eigenvalue weighted by Gasteiger charge is 2.46. The number of hydrogen-bond acceptors (Lipinski definition) is 5. The van der Waals surface area contributed by atoms with Crippen molar-refractivity contribution in [3.8, 4) is 0 Å². The predicted molar refractivity (Wildman–Crippen MR) is 115 cm³/mol. The lowest BCUT2D eigenvalue weighted by Crippen LogP contribution is -2.35. The number of likely N-dealkylation sites (tertiary alicyclic amines) is 2. The summed E-state index contributed by atoms with van der Waals surface area (Å²) in [6.45, 7) is 5.81. The number of nitrogens with one attached hydrogen (secondary N) is 1. The Morgan fingerprint density at radius 3 is 2.45 bits per heavy atom. The average molecular weight is 485 g/mol. The van der Waals surface area contributed by atoms with Crippen LogP contribution < -0.4 is 5.32 Å². The molecule has 0 spiro atoms. The molecule has 178 valence electrons. The Kier molecular flexibility index (Phi) is 6.41. The van der Waals surface area contributed by atoms with E-state index in [9.17, 15) is 22.8 Å². The van der Waals surface area contributed by atoms with Gasteiger partial charge in [0, 0.05) is 56.8 Å². The highest BCUT2D eigenvalue weighted by Crippen LogP contribution is 2.36. The zero-order valence-corrected chi connectivity index (χ0v) is 19.0. The van der Waals surface area contributed by atoms with Crippen LogP contribution in [0, 0.1) is 25.7 Å². The standard InChI is InChI=1S/C22H24ClF3N4O3/c1-12-3-4-16(7-17(12)23)28-18(31)5-6-29-8-14-10-30(11-15(14)9-29)21(32)19-20(22(24,25)26)33-13(2)27-19/h3-4,7,14-15H,5-6,8-11H2,1-2H3,(H,28,31). The van der Waals surface area contributed by atoms with Crippen LogP contribution in [0.25, 0.3) is 0 Å². The van der Waals surface area contributed by atoms with E-state index < -0.39 is 23.5 Å². The molecule has 0 aliphatic carbocycles. The smallest absolute Gasteiger partial charge is 0.436 e. The van der Waals surface area contributed by atoms with E-state index in [0.717, 1.165) is 5.56 Å². The lowest BCUT2D eigenvalue weighted by molar-refractivity contribution is -0.153. The largest absolute Gasteiger partial charge is 0.452 e. The number of halogens is 4. The normalized spacial score (nSPS) is 20.8. The molecule has 2 unspecified atom stereocenters. The molecule has 2 fully saturated rings. The fourth-order valence-corrected chi connectivity index (χ4v) is 4.69. The molecular formula is C22H24ClF3N4O3. The lowest BCUT2D eigenvalue weighted by Gasteiger charge is -2.21. The molecule has 2 aromatic rings. The first kappa shape index (κ1) is 23.6. The number of anilines is 1. The molecule has 1 aromatic carbocycles. The van der Waals surface area contributed by atoms with Crippen LogP contribution in [-0.4, -0.2) is 59.3 Å². The number of benzene rings is 1. The number of amides is 2. The molecule has 11 heteroatoms. The number of carbonyl (C=O) groups is 2. The Hall–Kier alpha value is -2.59. The minimum absolute atomic E-state index is 0.120. The Balaban J connectivity index is 1.28. The van der Waals surface area contributed by atoms with Crippen LogP contribution in [0.3, 0.4) is 0 Å². The monoisotopic (exact) mass is 484 g/mol. The zero-order valence-electron chi connectivity index (χ0n) is 18.2. The van der Waals surface area contributed by atoms with Crippen molar-refractivity contribution < 1.29 is 27.2 Å². The van der Waals surface area contributed by atoms with Crippen molar-refractivity contribution in [2.24, 2.45) is 11.8 Å². The number of fused-ring (bicyclic) bond motifs is 1. The molecule has 0 saturated carbocycles. The minimum atomic E-state index is -4.77. The second-order valence-corrected chi connectivity index (χ2v) is 9.07. The van der Waals surface area contributed by atoms with Gasteiger partial charge in [-0.25, -0.2) is 4.98 Å². The van der Waals surface area contributed by atoms with Crippen LogP contribution in [0.15, 0.2) is 22.6 Å². The third kappa shape index (κ3) is 5.16. The Bertz CT molecular complexity index is 1060. The Labute approximate surface area is 193 Å². The van der Waals surface area contributed by atoms with E-state index in [-0.39, 0.29) is 23.6 Å². The molecule has 0 bridgehead atoms. The van der Waals surface area contributed by atoms with Crippen molar-refractivity contribution in [1.29, 1.82) is 0 Å². The van der Waals surface area contributed by atoms with Gasteiger partial charge < -0.3 is 19.5 Å². The summed E-state index contributed by atoms with van der Waals surface area (Å²) in [5.74, 6) is -2.11. The maximum Gasteiger partial charge on any atom is 0.452 e. The topological polar surface area (TPSA) is 78.7 Å². The molecular weight excluding hydrogens is 461 g/mol. The summed E-state index contributed by atoms with van der Waals surface area (Å²) < 4.78 is 44.1. The van der Waals surface area contributed by atoms with Gasteiger partial charge >= 0.3 is 6.18 Å². The molecule has 3 heterocycles. The van der Waals surface area contributed by atoms with Gasteiger partial charge in [0.2, 0.25) is 11.7 Å². The van der Waals surface area contributed by atoms with Crippen molar-refractivity contribution in [3.05, 3.63) is 46.1 Å². The summed E-state index contributed by atoms with van der Waals surface area (Å²) in [6.07, 6.45) is -4.47. The van der Waals surface area contributed by atoms with E-state index in [2.05, 4.69) is 19.6 Å². The molecule has 2 aliphatic rings. The van der Waals surface area contributed by atoms with Crippen molar-refractivity contribution in [2.45, 2.75) is 26.4 Å². The molecule has 7 nitrogen and oxygen atoms in total. The van der Waals surface area contributed by atoms with Crippen LogP contribution in [0.1, 0.15) is 34.1 Å². The van der Waals surface area contributed by atoms with Gasteiger partial charge in [-0.05, 0) is 36.5 Å². The number of oxazole rings is 1. The van der Waals surface area contributed by atoms with Gasteiger partial charge in [-0.2, -0.15) is 13.2 Å². The molecule has 0 radical (unpaired) electrons. The van der Waals surface area contributed by atoms with Crippen LogP contribution in [-0.2, 0) is 11.0 Å². The fourth-order valence-electron chi connectivity index (χ4n) is 4.51. The molecule has 2 amide bonds. The molecule has 33 heavy (non-hydrogen) atoms. The van der Waals surface area contributed by atoms with Crippen LogP contribution >= 0.6 is 11.6 Å². The number of aromatic nitrogens is 1. The summed E-state index contributed by atoms with van der Waals surface area (Å²) in [5, 5.41) is 3.42. The van der Waals surface area contributed by atoms with E-state index in [0.29, 0.717) is 49.9 Å². The third-order valence-electron chi connectivity index (χ3n) is 6.15. The number of aryl methyl sites for hydroxylation is 2. The number of carbonyl (C=O) groups excluding carboxylic acids is 2. The van der Waals surface area contributed by atoms with E-state index >= 15 is 0 Å². The van der Waals surface area contributed by atoms with Gasteiger partial charge in [-0.3, -0.25) is 9.59 Å². The van der Waals surface area contributed by atoms with Crippen molar-refractivity contribution >= 4 is 29.1 Å². The quantitative estimate of drug-likeness (QED) is 0.694. The second kappa shape index (κ2) is 8.98. The van der Waals surface area contributed by atoms with Crippen molar-refractivity contribution in [2.75, 3.05) is 38.0 Å². The van der Waals surface area contributed by atoms with Gasteiger partial charge in [0.15, 0.2) is 11.6 Å². The van der Waals surface area contributed by atoms with Crippen molar-refractivity contribution in [1.82, 2.24) is 14.8 Å². The summed E-state index contributed by atoms with van der Waals surface area (Å²) in [5.41, 5.74) is 0.896. The van der Waals surface area contributed by atoms with Crippen LogP contribution in [0.5, 0.6) is 0 Å². The van der Waals surface area contributed by atoms with Crippen LogP contribution in [0.4, 0.5) is 18.9 Å². The highest BCUT2D eigenvalue weighted by atomic mass is 35.5. The molecule has 2 aliphatic heterocycles. The maximum absolute atomic E-state index is 13.2. The van der Waals surface area contributed by atoms with Crippen LogP contribution in [0.2, 0.25) is 5.02 Å². The summed E-state index contributed by atoms with van der Waals surface area (Å²) in [6, 6.07) is 5.34. The number of nitrogens with zero attached hydrogens (tertiary/aromatic N) is 3. The number of alkyl halides is 3. The molecule has 1 aromatic heterocycles. The first-order valence-corrected chi connectivity index (χ1v) is 11.0. The lowest BCUT2D eigenvalue weighted by atomic mass is 10.0. The molecule has 1 N–H and O–H groups in total. The van der Waals surface area contributed by atoms with E-state index in [1.807, 2.05) is 13.0 Å². The van der Waals surface area contributed by atoms with Crippen molar-refractivity contribution in [3.63, 3.8) is 0 Å². The fraction of sp³-hybridized carbons (Fsp3) is 0.500. The Morgan fingerprint density at radius 2 is 1.85 bits per heavy atom. The summed E-state index contributed by atoms with van der Waals surface area (Å²) >= 11 is 6.09. The molecule has 2 atom stereocenters. The average Bonchev–Trinajstić information content (AvgIpc) is 3.41. The first-order valence-electron chi connectivity index (χ1n) is 10.6.